The van der Waals surface area contributed by atoms with Crippen molar-refractivity contribution in [2.45, 2.75) is 31.7 Å². The van der Waals surface area contributed by atoms with Crippen molar-refractivity contribution < 1.29 is 4.39 Å². The van der Waals surface area contributed by atoms with Crippen molar-refractivity contribution in [3.8, 4) is 0 Å². The molecule has 1 aliphatic carbocycles. The fourth-order valence-electron chi connectivity index (χ4n) is 2.41. The van der Waals surface area contributed by atoms with E-state index in [1.807, 2.05) is 0 Å². The second kappa shape index (κ2) is 5.19. The second-order valence-electron chi connectivity index (χ2n) is 4.83. The zero-order chi connectivity index (χ0) is 13.4. The average Bonchev–Trinajstić information content (AvgIpc) is 2.77. The summed E-state index contributed by atoms with van der Waals surface area (Å²) in [6.45, 7) is 0. The number of nitrogens with zero attached hydrogens (tertiary/aromatic N) is 1. The van der Waals surface area contributed by atoms with Gasteiger partial charge in [-0.05, 0) is 37.0 Å². The molecule has 1 aliphatic rings. The Hall–Kier alpha value is -0.970. The van der Waals surface area contributed by atoms with Crippen LogP contribution in [0.5, 0.6) is 0 Å². The van der Waals surface area contributed by atoms with Crippen LogP contribution in [0.25, 0.3) is 0 Å². The molecule has 0 amide bonds. The van der Waals surface area contributed by atoms with E-state index in [0.29, 0.717) is 11.4 Å². The lowest BCUT2D eigenvalue weighted by Gasteiger charge is -2.15. The van der Waals surface area contributed by atoms with E-state index in [9.17, 15) is 4.39 Å². The van der Waals surface area contributed by atoms with Crippen molar-refractivity contribution >= 4 is 22.9 Å². The molecule has 3 rings (SSSR count). The average molecular weight is 297 g/mol. The monoisotopic (exact) mass is 296 g/mol. The minimum absolute atomic E-state index is 0.124. The highest BCUT2D eigenvalue weighted by molar-refractivity contribution is 7.11. The lowest BCUT2D eigenvalue weighted by atomic mass is 9.99. The molecule has 0 bridgehead atoms. The lowest BCUT2D eigenvalue weighted by Crippen LogP contribution is -2.15. The van der Waals surface area contributed by atoms with Gasteiger partial charge < -0.3 is 5.73 Å². The predicted molar refractivity (Wildman–Crippen MR) is 76.2 cm³/mol. The number of halogens is 2. The van der Waals surface area contributed by atoms with Gasteiger partial charge in [-0.2, -0.15) is 0 Å². The van der Waals surface area contributed by atoms with E-state index in [-0.39, 0.29) is 11.9 Å². The summed E-state index contributed by atoms with van der Waals surface area (Å²) in [7, 11) is 0. The van der Waals surface area contributed by atoms with E-state index >= 15 is 0 Å². The summed E-state index contributed by atoms with van der Waals surface area (Å²) in [6.07, 6.45) is 3.79. The van der Waals surface area contributed by atoms with Gasteiger partial charge in [-0.1, -0.05) is 17.7 Å². The molecule has 1 unspecified atom stereocenters. The molecular formula is C14H14ClFN2S. The van der Waals surface area contributed by atoms with E-state index in [4.69, 9.17) is 17.3 Å². The van der Waals surface area contributed by atoms with Crippen molar-refractivity contribution in [1.82, 2.24) is 4.98 Å². The van der Waals surface area contributed by atoms with Gasteiger partial charge in [0, 0.05) is 22.4 Å². The standard InChI is InChI=1S/C14H14ClFN2S/c15-10-7-9(16)5-4-8(10)6-13-18-12-3-1-2-11(17)14(12)19-13/h4-5,7,11H,1-3,6,17H2. The normalized spacial score (nSPS) is 18.4. The highest BCUT2D eigenvalue weighted by Crippen LogP contribution is 2.34. The molecule has 1 heterocycles. The van der Waals surface area contributed by atoms with Crippen LogP contribution in [0, 0.1) is 5.82 Å². The van der Waals surface area contributed by atoms with Crippen LogP contribution in [0.1, 0.15) is 40.0 Å². The highest BCUT2D eigenvalue weighted by Gasteiger charge is 2.21. The molecule has 2 N–H and O–H groups in total. The number of fused-ring (bicyclic) bond motifs is 1. The summed E-state index contributed by atoms with van der Waals surface area (Å²) in [5, 5.41) is 1.47. The minimum Gasteiger partial charge on any atom is -0.323 e. The van der Waals surface area contributed by atoms with Gasteiger partial charge in [0.1, 0.15) is 5.82 Å². The van der Waals surface area contributed by atoms with Gasteiger partial charge in [-0.15, -0.1) is 11.3 Å². The fourth-order valence-corrected chi connectivity index (χ4v) is 3.81. The first-order chi connectivity index (χ1) is 9.13. The van der Waals surface area contributed by atoms with Crippen LogP contribution in [-0.4, -0.2) is 4.98 Å². The third-order valence-corrected chi connectivity index (χ3v) is 4.98. The molecule has 1 atom stereocenters. The van der Waals surface area contributed by atoms with E-state index in [0.717, 1.165) is 35.5 Å². The maximum absolute atomic E-state index is 13.0. The summed E-state index contributed by atoms with van der Waals surface area (Å²) in [4.78, 5) is 5.85. The Morgan fingerprint density at radius 2 is 2.32 bits per heavy atom. The summed E-state index contributed by atoms with van der Waals surface area (Å²) in [6, 6.07) is 4.62. The maximum atomic E-state index is 13.0. The van der Waals surface area contributed by atoms with Crippen LogP contribution in [0.4, 0.5) is 4.39 Å². The van der Waals surface area contributed by atoms with E-state index in [1.165, 1.54) is 17.0 Å². The van der Waals surface area contributed by atoms with Crippen LogP contribution in [0.3, 0.4) is 0 Å². The molecule has 0 saturated carbocycles. The van der Waals surface area contributed by atoms with Gasteiger partial charge in [0.05, 0.1) is 10.7 Å². The molecule has 0 fully saturated rings. The number of nitrogens with two attached hydrogens (primary N) is 1. The Bertz CT molecular complexity index is 611. The molecule has 5 heteroatoms. The molecule has 0 radical (unpaired) electrons. The SMILES string of the molecule is NC1CCCc2nc(Cc3ccc(F)cc3Cl)sc21. The smallest absolute Gasteiger partial charge is 0.124 e. The van der Waals surface area contributed by atoms with Gasteiger partial charge in [-0.3, -0.25) is 0 Å². The predicted octanol–water partition coefficient (Wildman–Crippen LogP) is 3.86. The van der Waals surface area contributed by atoms with Crippen molar-refractivity contribution in [2.24, 2.45) is 5.73 Å². The summed E-state index contributed by atoms with van der Waals surface area (Å²) >= 11 is 7.71. The Morgan fingerprint density at radius 3 is 3.05 bits per heavy atom. The highest BCUT2D eigenvalue weighted by atomic mass is 35.5. The number of aromatic nitrogens is 1. The van der Waals surface area contributed by atoms with Crippen molar-refractivity contribution in [3.63, 3.8) is 0 Å². The molecule has 0 aliphatic heterocycles. The van der Waals surface area contributed by atoms with Gasteiger partial charge in [-0.25, -0.2) is 9.37 Å². The third-order valence-electron chi connectivity index (χ3n) is 3.39. The first-order valence-electron chi connectivity index (χ1n) is 6.31. The molecule has 1 aromatic heterocycles. The lowest BCUT2D eigenvalue weighted by molar-refractivity contribution is 0.573. The number of hydrogen-bond donors (Lipinski definition) is 1. The minimum atomic E-state index is -0.311. The molecule has 2 nitrogen and oxygen atoms in total. The first kappa shape index (κ1) is 13.0. The Labute approximate surface area is 120 Å². The van der Waals surface area contributed by atoms with Crippen LogP contribution >= 0.6 is 22.9 Å². The number of aryl methyl sites for hydroxylation is 1. The Morgan fingerprint density at radius 1 is 1.47 bits per heavy atom. The molecule has 19 heavy (non-hydrogen) atoms. The number of rotatable bonds is 2. The summed E-state index contributed by atoms with van der Waals surface area (Å²) < 4.78 is 13.0. The number of hydrogen-bond acceptors (Lipinski definition) is 3. The van der Waals surface area contributed by atoms with Crippen LogP contribution in [0.15, 0.2) is 18.2 Å². The van der Waals surface area contributed by atoms with Crippen LogP contribution in [-0.2, 0) is 12.8 Å². The summed E-state index contributed by atoms with van der Waals surface area (Å²) in [5.41, 5.74) is 8.14. The molecule has 2 aromatic rings. The van der Waals surface area contributed by atoms with Crippen molar-refractivity contribution in [3.05, 3.63) is 50.2 Å². The van der Waals surface area contributed by atoms with Gasteiger partial charge >= 0.3 is 0 Å². The van der Waals surface area contributed by atoms with E-state index in [1.54, 1.807) is 17.4 Å². The fraction of sp³-hybridized carbons (Fsp3) is 0.357. The topological polar surface area (TPSA) is 38.9 Å². The Balaban J connectivity index is 1.87. The van der Waals surface area contributed by atoms with Crippen molar-refractivity contribution in [1.29, 1.82) is 0 Å². The zero-order valence-electron chi connectivity index (χ0n) is 10.3. The third kappa shape index (κ3) is 2.66. The van der Waals surface area contributed by atoms with Gasteiger partial charge in [0.25, 0.3) is 0 Å². The van der Waals surface area contributed by atoms with E-state index < -0.39 is 0 Å². The van der Waals surface area contributed by atoms with E-state index in [2.05, 4.69) is 4.98 Å². The molecule has 100 valence electrons. The quantitative estimate of drug-likeness (QED) is 0.914. The zero-order valence-corrected chi connectivity index (χ0v) is 11.9. The first-order valence-corrected chi connectivity index (χ1v) is 7.51. The van der Waals surface area contributed by atoms with Crippen LogP contribution in [0.2, 0.25) is 5.02 Å². The molecular weight excluding hydrogens is 283 g/mol. The maximum Gasteiger partial charge on any atom is 0.124 e. The van der Waals surface area contributed by atoms with Gasteiger partial charge in [0.15, 0.2) is 0 Å². The van der Waals surface area contributed by atoms with Crippen molar-refractivity contribution in [2.75, 3.05) is 0 Å². The molecule has 0 saturated heterocycles. The van der Waals surface area contributed by atoms with Gasteiger partial charge in [0.2, 0.25) is 0 Å². The summed E-state index contributed by atoms with van der Waals surface area (Å²) in [5.74, 6) is -0.311. The largest absolute Gasteiger partial charge is 0.323 e. The Kier molecular flexibility index (Phi) is 3.56. The van der Waals surface area contributed by atoms with Crippen LogP contribution < -0.4 is 5.73 Å². The molecule has 1 aromatic carbocycles. The number of benzene rings is 1. The molecule has 0 spiro atoms. The number of thiazole rings is 1. The second-order valence-corrected chi connectivity index (χ2v) is 6.35.